The summed E-state index contributed by atoms with van der Waals surface area (Å²) in [5.74, 6) is 1.95. The molecular weight excluding hydrogens is 206 g/mol. The molecule has 0 bridgehead atoms. The molecule has 1 rings (SSSR count). The molecule has 0 aromatic carbocycles. The lowest BCUT2D eigenvalue weighted by molar-refractivity contribution is 0.213. The lowest BCUT2D eigenvalue weighted by Crippen LogP contribution is -2.39. The molecular formula is C16H33N. The van der Waals surface area contributed by atoms with Gasteiger partial charge in [0.25, 0.3) is 0 Å². The van der Waals surface area contributed by atoms with E-state index in [0.717, 1.165) is 24.4 Å². The third-order valence-corrected chi connectivity index (χ3v) is 4.55. The molecule has 1 saturated carbocycles. The highest BCUT2D eigenvalue weighted by Crippen LogP contribution is 2.32. The maximum absolute atomic E-state index is 3.72. The van der Waals surface area contributed by atoms with Crippen molar-refractivity contribution < 1.29 is 0 Å². The van der Waals surface area contributed by atoms with Gasteiger partial charge in [0, 0.05) is 6.04 Å². The van der Waals surface area contributed by atoms with Crippen LogP contribution in [0.1, 0.15) is 78.6 Å². The van der Waals surface area contributed by atoms with E-state index in [-0.39, 0.29) is 0 Å². The van der Waals surface area contributed by atoms with Gasteiger partial charge in [-0.25, -0.2) is 0 Å². The molecule has 1 heteroatoms. The van der Waals surface area contributed by atoms with Gasteiger partial charge in [-0.3, -0.25) is 0 Å². The number of hydrogen-bond donors (Lipinski definition) is 1. The second-order valence-corrected chi connectivity index (χ2v) is 5.86. The van der Waals surface area contributed by atoms with Gasteiger partial charge >= 0.3 is 0 Å². The van der Waals surface area contributed by atoms with Gasteiger partial charge in [0.15, 0.2) is 0 Å². The fourth-order valence-corrected chi connectivity index (χ4v) is 3.43. The van der Waals surface area contributed by atoms with Gasteiger partial charge in [-0.1, -0.05) is 59.3 Å². The van der Waals surface area contributed by atoms with E-state index >= 15 is 0 Å². The van der Waals surface area contributed by atoms with Crippen molar-refractivity contribution in [1.29, 1.82) is 0 Å². The minimum atomic E-state index is 0.824. The highest BCUT2D eigenvalue weighted by molar-refractivity contribution is 4.82. The van der Waals surface area contributed by atoms with Crippen LogP contribution in [0.4, 0.5) is 0 Å². The topological polar surface area (TPSA) is 12.0 Å². The smallest absolute Gasteiger partial charge is 0.00953 e. The fourth-order valence-electron chi connectivity index (χ4n) is 3.43. The Balaban J connectivity index is 2.38. The Morgan fingerprint density at radius 3 is 2.53 bits per heavy atom. The van der Waals surface area contributed by atoms with E-state index in [1.807, 2.05) is 0 Å². The third kappa shape index (κ3) is 5.42. The number of nitrogens with one attached hydrogen (secondary N) is 1. The van der Waals surface area contributed by atoms with E-state index < -0.39 is 0 Å². The van der Waals surface area contributed by atoms with E-state index in [1.54, 1.807) is 0 Å². The Labute approximate surface area is 109 Å². The van der Waals surface area contributed by atoms with E-state index in [9.17, 15) is 0 Å². The summed E-state index contributed by atoms with van der Waals surface area (Å²) in [5, 5.41) is 3.72. The predicted molar refractivity (Wildman–Crippen MR) is 77.3 cm³/mol. The first-order valence-corrected chi connectivity index (χ1v) is 8.05. The first kappa shape index (κ1) is 15.0. The van der Waals surface area contributed by atoms with Gasteiger partial charge in [0.2, 0.25) is 0 Å². The molecule has 3 atom stereocenters. The molecule has 1 nitrogen and oxygen atoms in total. The molecule has 1 fully saturated rings. The van der Waals surface area contributed by atoms with E-state index in [4.69, 9.17) is 0 Å². The average molecular weight is 239 g/mol. The van der Waals surface area contributed by atoms with Gasteiger partial charge in [-0.05, 0) is 37.6 Å². The van der Waals surface area contributed by atoms with Gasteiger partial charge in [0.1, 0.15) is 0 Å². The van der Waals surface area contributed by atoms with E-state index in [1.165, 1.54) is 57.8 Å². The normalized spacial score (nSPS) is 27.0. The van der Waals surface area contributed by atoms with Crippen molar-refractivity contribution in [2.75, 3.05) is 6.54 Å². The Kier molecular flexibility index (Phi) is 7.92. The predicted octanol–water partition coefficient (Wildman–Crippen LogP) is 4.76. The molecule has 102 valence electrons. The summed E-state index contributed by atoms with van der Waals surface area (Å²) in [6, 6.07) is 0.824. The van der Waals surface area contributed by atoms with Crippen molar-refractivity contribution in [2.45, 2.75) is 84.6 Å². The molecule has 0 spiro atoms. The number of unbranched alkanes of at least 4 members (excludes halogenated alkanes) is 1. The van der Waals surface area contributed by atoms with Crippen LogP contribution >= 0.6 is 0 Å². The summed E-state index contributed by atoms with van der Waals surface area (Å²) in [5.41, 5.74) is 0. The first-order valence-electron chi connectivity index (χ1n) is 8.05. The third-order valence-electron chi connectivity index (χ3n) is 4.55. The average Bonchev–Trinajstić information content (AvgIpc) is 2.36. The molecule has 0 aromatic rings. The van der Waals surface area contributed by atoms with Crippen LogP contribution in [-0.4, -0.2) is 12.6 Å². The zero-order valence-electron chi connectivity index (χ0n) is 12.3. The van der Waals surface area contributed by atoms with Crippen LogP contribution in [0, 0.1) is 11.8 Å². The van der Waals surface area contributed by atoms with Crippen molar-refractivity contribution in [2.24, 2.45) is 11.8 Å². The van der Waals surface area contributed by atoms with Crippen molar-refractivity contribution >= 4 is 0 Å². The maximum atomic E-state index is 3.72. The molecule has 0 amide bonds. The summed E-state index contributed by atoms with van der Waals surface area (Å²) in [6.45, 7) is 8.09. The number of rotatable bonds is 8. The van der Waals surface area contributed by atoms with Crippen LogP contribution in [0.25, 0.3) is 0 Å². The quantitative estimate of drug-likeness (QED) is 0.644. The summed E-state index contributed by atoms with van der Waals surface area (Å²) in [6.07, 6.45) is 12.9. The maximum Gasteiger partial charge on any atom is 0.00953 e. The second kappa shape index (κ2) is 8.97. The molecule has 17 heavy (non-hydrogen) atoms. The van der Waals surface area contributed by atoms with Crippen LogP contribution < -0.4 is 5.32 Å². The lowest BCUT2D eigenvalue weighted by Gasteiger charge is -2.34. The zero-order chi connectivity index (χ0) is 12.5. The van der Waals surface area contributed by atoms with Crippen LogP contribution in [-0.2, 0) is 0 Å². The van der Waals surface area contributed by atoms with Gasteiger partial charge in [0.05, 0.1) is 0 Å². The van der Waals surface area contributed by atoms with Crippen molar-refractivity contribution in [3.63, 3.8) is 0 Å². The molecule has 1 aliphatic carbocycles. The Bertz CT molecular complexity index is 176. The fraction of sp³-hybridized carbons (Fsp3) is 1.00. The first-order chi connectivity index (χ1) is 8.31. The standard InChI is InChI=1S/C16H33N/c1-4-7-10-14(5-2)13-15-11-8-9-12-16(15)17-6-3/h14-17H,4-13H2,1-3H3. The highest BCUT2D eigenvalue weighted by Gasteiger charge is 2.26. The number of hydrogen-bond acceptors (Lipinski definition) is 1. The second-order valence-electron chi connectivity index (χ2n) is 5.86. The Hall–Kier alpha value is -0.0400. The minimum Gasteiger partial charge on any atom is -0.314 e. The highest BCUT2D eigenvalue weighted by atomic mass is 14.9. The van der Waals surface area contributed by atoms with E-state index in [0.29, 0.717) is 0 Å². The van der Waals surface area contributed by atoms with Crippen molar-refractivity contribution in [3.8, 4) is 0 Å². The molecule has 0 heterocycles. The van der Waals surface area contributed by atoms with Crippen LogP contribution in [0.3, 0.4) is 0 Å². The zero-order valence-corrected chi connectivity index (χ0v) is 12.3. The van der Waals surface area contributed by atoms with Crippen LogP contribution in [0.2, 0.25) is 0 Å². The van der Waals surface area contributed by atoms with Gasteiger partial charge < -0.3 is 5.32 Å². The minimum absolute atomic E-state index is 0.824. The van der Waals surface area contributed by atoms with E-state index in [2.05, 4.69) is 26.1 Å². The van der Waals surface area contributed by atoms with Gasteiger partial charge in [-0.2, -0.15) is 0 Å². The molecule has 0 aromatic heterocycles. The Morgan fingerprint density at radius 1 is 1.12 bits per heavy atom. The van der Waals surface area contributed by atoms with Crippen molar-refractivity contribution in [3.05, 3.63) is 0 Å². The summed E-state index contributed by atoms with van der Waals surface area (Å²) < 4.78 is 0. The molecule has 0 aliphatic heterocycles. The molecule has 0 radical (unpaired) electrons. The van der Waals surface area contributed by atoms with Gasteiger partial charge in [-0.15, -0.1) is 0 Å². The van der Waals surface area contributed by atoms with Crippen LogP contribution in [0.5, 0.6) is 0 Å². The molecule has 1 aliphatic rings. The summed E-state index contributed by atoms with van der Waals surface area (Å²) >= 11 is 0. The molecule has 3 unspecified atom stereocenters. The molecule has 1 N–H and O–H groups in total. The van der Waals surface area contributed by atoms with Crippen molar-refractivity contribution in [1.82, 2.24) is 5.32 Å². The summed E-state index contributed by atoms with van der Waals surface area (Å²) in [7, 11) is 0. The molecule has 0 saturated heterocycles. The monoisotopic (exact) mass is 239 g/mol. The lowest BCUT2D eigenvalue weighted by atomic mass is 9.77. The SMILES string of the molecule is CCCCC(CC)CC1CCCCC1NCC. The summed E-state index contributed by atoms with van der Waals surface area (Å²) in [4.78, 5) is 0. The van der Waals surface area contributed by atoms with Crippen LogP contribution in [0.15, 0.2) is 0 Å². The largest absolute Gasteiger partial charge is 0.314 e. The Morgan fingerprint density at radius 2 is 1.88 bits per heavy atom.